The van der Waals surface area contributed by atoms with Crippen LogP contribution < -0.4 is 9.64 Å². The smallest absolute Gasteiger partial charge is 0.265 e. The van der Waals surface area contributed by atoms with Gasteiger partial charge in [0.05, 0.1) is 12.2 Å². The van der Waals surface area contributed by atoms with Crippen LogP contribution in [0.4, 0.5) is 5.69 Å². The summed E-state index contributed by atoms with van der Waals surface area (Å²) < 4.78 is 5.25. The predicted molar refractivity (Wildman–Crippen MR) is 56.1 cm³/mol. The molecule has 1 aromatic rings. The van der Waals surface area contributed by atoms with E-state index in [0.717, 1.165) is 0 Å². The van der Waals surface area contributed by atoms with E-state index in [1.54, 1.807) is 12.1 Å². The number of carbonyl (C=O) groups excluding carboxylic acids is 1. The van der Waals surface area contributed by atoms with Gasteiger partial charge in [0.25, 0.3) is 5.91 Å². The Morgan fingerprint density at radius 3 is 3.00 bits per heavy atom. The maximum atomic E-state index is 11.5. The zero-order valence-corrected chi connectivity index (χ0v) is 8.14. The zero-order valence-electron chi connectivity index (χ0n) is 8.14. The monoisotopic (exact) mass is 205 g/mol. The fraction of sp³-hybridized carbons (Fsp3) is 0.182. The summed E-state index contributed by atoms with van der Waals surface area (Å²) in [4.78, 5) is 13.0. The second-order valence-electron chi connectivity index (χ2n) is 3.30. The molecule has 1 N–H and O–H groups in total. The number of carbonyl (C=O) groups is 1. The van der Waals surface area contributed by atoms with Crippen molar-refractivity contribution in [2.24, 2.45) is 0 Å². The molecule has 78 valence electrons. The van der Waals surface area contributed by atoms with Gasteiger partial charge in [-0.05, 0) is 12.1 Å². The van der Waals surface area contributed by atoms with Crippen LogP contribution in [0.25, 0.3) is 0 Å². The van der Waals surface area contributed by atoms with Crippen molar-refractivity contribution < 1.29 is 14.6 Å². The van der Waals surface area contributed by atoms with Crippen LogP contribution in [0.1, 0.15) is 0 Å². The quantitative estimate of drug-likeness (QED) is 0.744. The summed E-state index contributed by atoms with van der Waals surface area (Å²) in [7, 11) is 0. The molecule has 0 saturated carbocycles. The van der Waals surface area contributed by atoms with Crippen LogP contribution in [0.2, 0.25) is 0 Å². The third kappa shape index (κ3) is 1.79. The Labute approximate surface area is 87.4 Å². The summed E-state index contributed by atoms with van der Waals surface area (Å²) in [6, 6.07) is 7.21. The molecule has 1 aliphatic rings. The first-order valence-corrected chi connectivity index (χ1v) is 4.57. The number of para-hydroxylation sites is 2. The average Bonchev–Trinajstić information content (AvgIpc) is 2.22. The molecular formula is C11H11NO3. The topological polar surface area (TPSA) is 49.8 Å². The number of amides is 1. The molecule has 4 nitrogen and oxygen atoms in total. The van der Waals surface area contributed by atoms with Crippen molar-refractivity contribution in [2.45, 2.75) is 0 Å². The van der Waals surface area contributed by atoms with Gasteiger partial charge in [-0.2, -0.15) is 0 Å². The molecule has 0 spiro atoms. The van der Waals surface area contributed by atoms with Gasteiger partial charge in [-0.25, -0.2) is 0 Å². The van der Waals surface area contributed by atoms with Crippen molar-refractivity contribution in [2.75, 3.05) is 18.1 Å². The number of ether oxygens (including phenoxy) is 1. The van der Waals surface area contributed by atoms with Crippen LogP contribution in [0.5, 0.6) is 5.75 Å². The highest BCUT2D eigenvalue weighted by molar-refractivity contribution is 5.98. The molecule has 2 rings (SSSR count). The third-order valence-corrected chi connectivity index (χ3v) is 2.15. The summed E-state index contributed by atoms with van der Waals surface area (Å²) in [6.45, 7) is 3.49. The molecule has 15 heavy (non-hydrogen) atoms. The van der Waals surface area contributed by atoms with Crippen LogP contribution >= 0.6 is 0 Å². The molecule has 1 heterocycles. The maximum Gasteiger partial charge on any atom is 0.265 e. The number of aliphatic hydroxyl groups excluding tert-OH is 1. The van der Waals surface area contributed by atoms with Gasteiger partial charge in [-0.3, -0.25) is 9.69 Å². The zero-order chi connectivity index (χ0) is 10.8. The van der Waals surface area contributed by atoms with Gasteiger partial charge in [-0.1, -0.05) is 18.7 Å². The van der Waals surface area contributed by atoms with Crippen molar-refractivity contribution in [3.63, 3.8) is 0 Å². The largest absolute Gasteiger partial charge is 0.511 e. The van der Waals surface area contributed by atoms with Crippen molar-refractivity contribution in [1.29, 1.82) is 0 Å². The molecule has 1 aliphatic heterocycles. The van der Waals surface area contributed by atoms with E-state index in [2.05, 4.69) is 6.58 Å². The van der Waals surface area contributed by atoms with Gasteiger partial charge in [0.1, 0.15) is 11.5 Å². The van der Waals surface area contributed by atoms with E-state index in [1.807, 2.05) is 12.1 Å². The number of nitrogens with zero attached hydrogens (tertiary/aromatic N) is 1. The minimum atomic E-state index is -0.177. The van der Waals surface area contributed by atoms with Crippen LogP contribution in [0, 0.1) is 0 Å². The lowest BCUT2D eigenvalue weighted by Crippen LogP contribution is -2.39. The molecular weight excluding hydrogens is 194 g/mol. The molecule has 1 aromatic carbocycles. The molecule has 0 atom stereocenters. The SMILES string of the molecule is C=C(O)CN1C(=O)COc2ccccc21. The number of fused-ring (bicyclic) bond motifs is 1. The highest BCUT2D eigenvalue weighted by atomic mass is 16.5. The maximum absolute atomic E-state index is 11.5. The molecule has 0 radical (unpaired) electrons. The number of hydrogen-bond donors (Lipinski definition) is 1. The van der Waals surface area contributed by atoms with E-state index in [1.165, 1.54) is 4.90 Å². The second kappa shape index (κ2) is 3.65. The van der Waals surface area contributed by atoms with Gasteiger partial charge in [0.15, 0.2) is 6.61 Å². The first-order valence-electron chi connectivity index (χ1n) is 4.57. The summed E-state index contributed by atoms with van der Waals surface area (Å²) in [5.41, 5.74) is 0.670. The molecule has 0 unspecified atom stereocenters. The van der Waals surface area contributed by atoms with Crippen molar-refractivity contribution >= 4 is 11.6 Å². The molecule has 0 bridgehead atoms. The average molecular weight is 205 g/mol. The number of benzene rings is 1. The Hall–Kier alpha value is -1.97. The van der Waals surface area contributed by atoms with Gasteiger partial charge in [0, 0.05) is 0 Å². The van der Waals surface area contributed by atoms with E-state index in [0.29, 0.717) is 11.4 Å². The summed E-state index contributed by atoms with van der Waals surface area (Å²) in [5, 5.41) is 9.12. The molecule has 0 saturated heterocycles. The highest BCUT2D eigenvalue weighted by Gasteiger charge is 2.25. The van der Waals surface area contributed by atoms with Gasteiger partial charge in [0.2, 0.25) is 0 Å². The lowest BCUT2D eigenvalue weighted by atomic mass is 10.2. The molecule has 0 aliphatic carbocycles. The van der Waals surface area contributed by atoms with Crippen LogP contribution in [-0.4, -0.2) is 24.2 Å². The Balaban J connectivity index is 2.37. The Kier molecular flexibility index (Phi) is 2.33. The Morgan fingerprint density at radius 1 is 1.53 bits per heavy atom. The van der Waals surface area contributed by atoms with E-state index in [9.17, 15) is 4.79 Å². The van der Waals surface area contributed by atoms with Gasteiger partial charge < -0.3 is 9.84 Å². The molecule has 4 heteroatoms. The highest BCUT2D eigenvalue weighted by Crippen LogP contribution is 2.31. The van der Waals surface area contributed by atoms with Gasteiger partial charge in [-0.15, -0.1) is 0 Å². The summed E-state index contributed by atoms with van der Waals surface area (Å²) in [5.74, 6) is 0.433. The lowest BCUT2D eigenvalue weighted by Gasteiger charge is -2.28. The first kappa shape index (κ1) is 9.58. The lowest BCUT2D eigenvalue weighted by molar-refractivity contribution is -0.121. The van der Waals surface area contributed by atoms with E-state index < -0.39 is 0 Å². The van der Waals surface area contributed by atoms with Crippen LogP contribution in [-0.2, 0) is 4.79 Å². The van der Waals surface area contributed by atoms with Crippen molar-refractivity contribution in [3.8, 4) is 5.75 Å². The van der Waals surface area contributed by atoms with E-state index in [-0.39, 0.29) is 24.8 Å². The second-order valence-corrected chi connectivity index (χ2v) is 3.30. The summed E-state index contributed by atoms with van der Waals surface area (Å²) in [6.07, 6.45) is 0. The number of rotatable bonds is 2. The number of aliphatic hydroxyl groups is 1. The Morgan fingerprint density at radius 2 is 2.27 bits per heavy atom. The minimum absolute atomic E-state index is 0.00426. The minimum Gasteiger partial charge on any atom is -0.511 e. The van der Waals surface area contributed by atoms with Crippen LogP contribution in [0.15, 0.2) is 36.6 Å². The molecule has 1 amide bonds. The normalized spacial score (nSPS) is 14.4. The van der Waals surface area contributed by atoms with E-state index >= 15 is 0 Å². The van der Waals surface area contributed by atoms with E-state index in [4.69, 9.17) is 9.84 Å². The van der Waals surface area contributed by atoms with Gasteiger partial charge >= 0.3 is 0 Å². The third-order valence-electron chi connectivity index (χ3n) is 2.15. The standard InChI is InChI=1S/C11H11NO3/c1-8(13)6-12-9-4-2-3-5-10(9)15-7-11(12)14/h2-5,13H,1,6-7H2. The Bertz CT molecular complexity index is 414. The number of anilines is 1. The molecule has 0 aromatic heterocycles. The van der Waals surface area contributed by atoms with Crippen LogP contribution in [0.3, 0.4) is 0 Å². The predicted octanol–water partition coefficient (Wildman–Crippen LogP) is 1.48. The van der Waals surface area contributed by atoms with Crippen molar-refractivity contribution in [3.05, 3.63) is 36.6 Å². The molecule has 0 fully saturated rings. The fourth-order valence-electron chi connectivity index (χ4n) is 1.51. The summed E-state index contributed by atoms with van der Waals surface area (Å²) >= 11 is 0. The van der Waals surface area contributed by atoms with Crippen molar-refractivity contribution in [1.82, 2.24) is 0 Å². The fourth-order valence-corrected chi connectivity index (χ4v) is 1.51. The number of hydrogen-bond acceptors (Lipinski definition) is 3. The first-order chi connectivity index (χ1) is 7.18.